The standard InChI is InChI=1S/C19H23N/c1-12-8-13(2)19(14(3)9-12)18(20)11-16-10-15-6-4-5-7-17(15)16/h4-9,16,18H,10-11,20H2,1-3H3. The van der Waals surface area contributed by atoms with E-state index in [1.165, 1.54) is 39.8 Å². The average Bonchev–Trinajstić information content (AvgIpc) is 2.34. The normalized spacial score (nSPS) is 18.3. The highest BCUT2D eigenvalue weighted by Crippen LogP contribution is 2.40. The Balaban J connectivity index is 1.80. The molecule has 0 aliphatic heterocycles. The summed E-state index contributed by atoms with van der Waals surface area (Å²) < 4.78 is 0. The van der Waals surface area contributed by atoms with Crippen LogP contribution in [-0.4, -0.2) is 0 Å². The fourth-order valence-electron chi connectivity index (χ4n) is 3.77. The van der Waals surface area contributed by atoms with Gasteiger partial charge in [0.05, 0.1) is 0 Å². The van der Waals surface area contributed by atoms with Crippen molar-refractivity contribution >= 4 is 0 Å². The van der Waals surface area contributed by atoms with Gasteiger partial charge in [-0.05, 0) is 67.3 Å². The first-order valence-corrected chi connectivity index (χ1v) is 7.47. The zero-order valence-electron chi connectivity index (χ0n) is 12.6. The highest BCUT2D eigenvalue weighted by Gasteiger charge is 2.28. The second-order valence-electron chi connectivity index (χ2n) is 6.25. The molecule has 1 heteroatoms. The van der Waals surface area contributed by atoms with Crippen molar-refractivity contribution in [1.29, 1.82) is 0 Å². The molecular weight excluding hydrogens is 242 g/mol. The van der Waals surface area contributed by atoms with E-state index in [4.69, 9.17) is 5.73 Å². The zero-order valence-corrected chi connectivity index (χ0v) is 12.6. The summed E-state index contributed by atoms with van der Waals surface area (Å²) in [5.41, 5.74) is 14.9. The fourth-order valence-corrected chi connectivity index (χ4v) is 3.77. The van der Waals surface area contributed by atoms with Gasteiger partial charge in [-0.25, -0.2) is 0 Å². The van der Waals surface area contributed by atoms with Crippen molar-refractivity contribution in [2.45, 2.75) is 45.6 Å². The number of rotatable bonds is 3. The van der Waals surface area contributed by atoms with Gasteiger partial charge in [-0.1, -0.05) is 42.0 Å². The van der Waals surface area contributed by atoms with Crippen molar-refractivity contribution in [3.8, 4) is 0 Å². The maximum absolute atomic E-state index is 6.51. The van der Waals surface area contributed by atoms with E-state index in [1.807, 2.05) is 0 Å². The lowest BCUT2D eigenvalue weighted by Crippen LogP contribution is -2.23. The van der Waals surface area contributed by atoms with Crippen LogP contribution < -0.4 is 5.73 Å². The molecule has 0 saturated carbocycles. The van der Waals surface area contributed by atoms with E-state index in [-0.39, 0.29) is 6.04 Å². The monoisotopic (exact) mass is 265 g/mol. The molecule has 2 aromatic rings. The first-order chi connectivity index (χ1) is 9.56. The van der Waals surface area contributed by atoms with Crippen molar-refractivity contribution < 1.29 is 0 Å². The van der Waals surface area contributed by atoms with Crippen molar-refractivity contribution in [2.75, 3.05) is 0 Å². The third-order valence-corrected chi connectivity index (χ3v) is 4.61. The molecule has 2 unspecified atom stereocenters. The van der Waals surface area contributed by atoms with Crippen LogP contribution in [0.25, 0.3) is 0 Å². The van der Waals surface area contributed by atoms with Crippen molar-refractivity contribution in [3.05, 3.63) is 69.8 Å². The quantitative estimate of drug-likeness (QED) is 0.877. The molecule has 0 heterocycles. The molecule has 0 amide bonds. The summed E-state index contributed by atoms with van der Waals surface area (Å²) in [4.78, 5) is 0. The molecule has 104 valence electrons. The van der Waals surface area contributed by atoms with E-state index in [2.05, 4.69) is 57.2 Å². The van der Waals surface area contributed by atoms with Crippen LogP contribution in [0.4, 0.5) is 0 Å². The second kappa shape index (κ2) is 5.06. The topological polar surface area (TPSA) is 26.0 Å². The number of nitrogens with two attached hydrogens (primary N) is 1. The van der Waals surface area contributed by atoms with Crippen LogP contribution in [0.1, 0.15) is 51.8 Å². The highest BCUT2D eigenvalue weighted by molar-refractivity contribution is 5.43. The molecule has 20 heavy (non-hydrogen) atoms. The van der Waals surface area contributed by atoms with Crippen LogP contribution in [0, 0.1) is 20.8 Å². The molecule has 0 aromatic heterocycles. The van der Waals surface area contributed by atoms with Crippen LogP contribution in [0.15, 0.2) is 36.4 Å². The molecule has 1 aliphatic rings. The Morgan fingerprint density at radius 1 is 1.10 bits per heavy atom. The Labute approximate surface area is 121 Å². The zero-order chi connectivity index (χ0) is 14.3. The Kier molecular flexibility index (Phi) is 3.39. The predicted octanol–water partition coefficient (Wildman–Crippen LogP) is 4.34. The maximum atomic E-state index is 6.51. The van der Waals surface area contributed by atoms with E-state index in [0.29, 0.717) is 5.92 Å². The van der Waals surface area contributed by atoms with E-state index in [0.717, 1.165) is 6.42 Å². The summed E-state index contributed by atoms with van der Waals surface area (Å²) in [7, 11) is 0. The van der Waals surface area contributed by atoms with Gasteiger partial charge >= 0.3 is 0 Å². The largest absolute Gasteiger partial charge is 0.324 e. The minimum Gasteiger partial charge on any atom is -0.324 e. The molecule has 2 aromatic carbocycles. The van der Waals surface area contributed by atoms with E-state index in [9.17, 15) is 0 Å². The van der Waals surface area contributed by atoms with E-state index >= 15 is 0 Å². The molecule has 3 rings (SSSR count). The Morgan fingerprint density at radius 2 is 1.75 bits per heavy atom. The Morgan fingerprint density at radius 3 is 2.40 bits per heavy atom. The molecular formula is C19H23N. The van der Waals surface area contributed by atoms with Gasteiger partial charge < -0.3 is 5.73 Å². The lowest BCUT2D eigenvalue weighted by atomic mass is 9.73. The third kappa shape index (κ3) is 2.27. The number of aryl methyl sites for hydroxylation is 3. The highest BCUT2D eigenvalue weighted by atomic mass is 14.6. The SMILES string of the molecule is Cc1cc(C)c(C(N)CC2Cc3ccccc32)c(C)c1. The van der Waals surface area contributed by atoms with Crippen molar-refractivity contribution in [2.24, 2.45) is 5.73 Å². The van der Waals surface area contributed by atoms with Gasteiger partial charge in [-0.15, -0.1) is 0 Å². The molecule has 1 nitrogen and oxygen atoms in total. The van der Waals surface area contributed by atoms with Crippen LogP contribution in [0.5, 0.6) is 0 Å². The Hall–Kier alpha value is -1.60. The maximum Gasteiger partial charge on any atom is 0.0306 e. The first-order valence-electron chi connectivity index (χ1n) is 7.47. The molecule has 1 aliphatic carbocycles. The van der Waals surface area contributed by atoms with E-state index in [1.54, 1.807) is 0 Å². The molecule has 0 spiro atoms. The summed E-state index contributed by atoms with van der Waals surface area (Å²) in [6.07, 6.45) is 2.25. The lowest BCUT2D eigenvalue weighted by molar-refractivity contribution is 0.496. The lowest BCUT2D eigenvalue weighted by Gasteiger charge is -2.33. The molecule has 2 N–H and O–H groups in total. The first kappa shape index (κ1) is 13.4. The van der Waals surface area contributed by atoms with Crippen molar-refractivity contribution in [3.63, 3.8) is 0 Å². The number of hydrogen-bond donors (Lipinski definition) is 1. The summed E-state index contributed by atoms with van der Waals surface area (Å²) in [6.45, 7) is 6.52. The van der Waals surface area contributed by atoms with Gasteiger partial charge in [0.1, 0.15) is 0 Å². The smallest absolute Gasteiger partial charge is 0.0306 e. The minimum absolute atomic E-state index is 0.147. The molecule has 0 bridgehead atoms. The van der Waals surface area contributed by atoms with Crippen LogP contribution in [0.3, 0.4) is 0 Å². The fraction of sp³-hybridized carbons (Fsp3) is 0.368. The summed E-state index contributed by atoms with van der Waals surface area (Å²) in [6, 6.07) is 13.4. The third-order valence-electron chi connectivity index (χ3n) is 4.61. The van der Waals surface area contributed by atoms with Gasteiger partial charge in [0.25, 0.3) is 0 Å². The van der Waals surface area contributed by atoms with E-state index < -0.39 is 0 Å². The Bertz CT molecular complexity index is 619. The molecule has 2 atom stereocenters. The molecule has 0 saturated heterocycles. The van der Waals surface area contributed by atoms with Crippen LogP contribution in [0.2, 0.25) is 0 Å². The van der Waals surface area contributed by atoms with Crippen LogP contribution in [-0.2, 0) is 6.42 Å². The number of fused-ring (bicyclic) bond motifs is 1. The van der Waals surface area contributed by atoms with Gasteiger partial charge in [-0.2, -0.15) is 0 Å². The van der Waals surface area contributed by atoms with Crippen LogP contribution >= 0.6 is 0 Å². The van der Waals surface area contributed by atoms with Gasteiger partial charge in [0.2, 0.25) is 0 Å². The summed E-state index contributed by atoms with van der Waals surface area (Å²) >= 11 is 0. The van der Waals surface area contributed by atoms with Gasteiger partial charge in [-0.3, -0.25) is 0 Å². The second-order valence-corrected chi connectivity index (χ2v) is 6.25. The summed E-state index contributed by atoms with van der Waals surface area (Å²) in [5.74, 6) is 0.640. The minimum atomic E-state index is 0.147. The predicted molar refractivity (Wildman–Crippen MR) is 85.1 cm³/mol. The average molecular weight is 265 g/mol. The number of benzene rings is 2. The van der Waals surface area contributed by atoms with Gasteiger partial charge in [0, 0.05) is 6.04 Å². The molecule has 0 radical (unpaired) electrons. The number of hydrogen-bond acceptors (Lipinski definition) is 1. The van der Waals surface area contributed by atoms with Crippen molar-refractivity contribution in [1.82, 2.24) is 0 Å². The molecule has 0 fully saturated rings. The summed E-state index contributed by atoms with van der Waals surface area (Å²) in [5, 5.41) is 0. The van der Waals surface area contributed by atoms with Gasteiger partial charge in [0.15, 0.2) is 0 Å².